The number of hydrogen-bond acceptors (Lipinski definition) is 2. The third-order valence-electron chi connectivity index (χ3n) is 3.28. The fraction of sp³-hybridized carbons (Fsp3) is 0.462. The van der Waals surface area contributed by atoms with Crippen LogP contribution in [0.4, 0.5) is 0 Å². The molecule has 1 fully saturated rings. The van der Waals surface area contributed by atoms with Gasteiger partial charge in [0.25, 0.3) is 0 Å². The van der Waals surface area contributed by atoms with Gasteiger partial charge in [-0.15, -0.1) is 0 Å². The minimum Gasteiger partial charge on any atom is -0.469 e. The van der Waals surface area contributed by atoms with Crippen molar-refractivity contribution < 1.29 is 9.53 Å². The van der Waals surface area contributed by atoms with Crippen LogP contribution in [-0.4, -0.2) is 13.1 Å². The summed E-state index contributed by atoms with van der Waals surface area (Å²) >= 11 is 0. The Labute approximate surface area is 90.3 Å². The van der Waals surface area contributed by atoms with Crippen LogP contribution < -0.4 is 0 Å². The molecule has 0 unspecified atom stereocenters. The molecule has 80 valence electrons. The Balaban J connectivity index is 2.00. The molecule has 1 aromatic carbocycles. The van der Waals surface area contributed by atoms with Crippen LogP contribution in [0.1, 0.15) is 31.2 Å². The van der Waals surface area contributed by atoms with Gasteiger partial charge in [0.15, 0.2) is 0 Å². The van der Waals surface area contributed by atoms with Crippen LogP contribution in [0.2, 0.25) is 0 Å². The van der Waals surface area contributed by atoms with Crippen molar-refractivity contribution in [2.24, 2.45) is 0 Å². The zero-order valence-electron chi connectivity index (χ0n) is 9.03. The minimum absolute atomic E-state index is 0.0998. The number of methoxy groups -OCH3 is 1. The van der Waals surface area contributed by atoms with Crippen molar-refractivity contribution in [3.63, 3.8) is 0 Å². The topological polar surface area (TPSA) is 26.3 Å². The Morgan fingerprint density at radius 2 is 2.00 bits per heavy atom. The molecule has 1 aliphatic rings. The van der Waals surface area contributed by atoms with Crippen LogP contribution in [0.15, 0.2) is 30.3 Å². The van der Waals surface area contributed by atoms with Gasteiger partial charge in [0, 0.05) is 6.42 Å². The number of benzene rings is 1. The number of esters is 1. The molecule has 0 radical (unpaired) electrons. The average molecular weight is 204 g/mol. The third kappa shape index (κ3) is 2.20. The molecule has 0 aliphatic heterocycles. The van der Waals surface area contributed by atoms with E-state index in [0.717, 1.165) is 6.42 Å². The summed E-state index contributed by atoms with van der Waals surface area (Å²) in [6.07, 6.45) is 3.86. The molecule has 2 heteroatoms. The van der Waals surface area contributed by atoms with Gasteiger partial charge in [0.2, 0.25) is 0 Å². The molecule has 0 atom stereocenters. The van der Waals surface area contributed by atoms with Crippen molar-refractivity contribution in [2.45, 2.75) is 31.1 Å². The monoisotopic (exact) mass is 204 g/mol. The van der Waals surface area contributed by atoms with Crippen molar-refractivity contribution in [3.8, 4) is 0 Å². The van der Waals surface area contributed by atoms with Gasteiger partial charge >= 0.3 is 5.97 Å². The first kappa shape index (κ1) is 10.2. The molecule has 1 aromatic rings. The van der Waals surface area contributed by atoms with Gasteiger partial charge < -0.3 is 4.74 Å². The van der Waals surface area contributed by atoms with Gasteiger partial charge in [-0.3, -0.25) is 4.79 Å². The Kier molecular flexibility index (Phi) is 2.76. The second-order valence-electron chi connectivity index (χ2n) is 4.22. The molecular formula is C13H16O2. The van der Waals surface area contributed by atoms with E-state index >= 15 is 0 Å². The fourth-order valence-electron chi connectivity index (χ4n) is 2.07. The highest BCUT2D eigenvalue weighted by atomic mass is 16.5. The van der Waals surface area contributed by atoms with Crippen molar-refractivity contribution in [3.05, 3.63) is 35.9 Å². The molecule has 15 heavy (non-hydrogen) atoms. The van der Waals surface area contributed by atoms with Gasteiger partial charge in [-0.25, -0.2) is 0 Å². The fourth-order valence-corrected chi connectivity index (χ4v) is 2.07. The molecule has 2 nitrogen and oxygen atoms in total. The highest BCUT2D eigenvalue weighted by molar-refractivity contribution is 5.69. The zero-order chi connectivity index (χ0) is 10.7. The quantitative estimate of drug-likeness (QED) is 0.705. The zero-order valence-corrected chi connectivity index (χ0v) is 9.03. The Morgan fingerprint density at radius 3 is 2.53 bits per heavy atom. The smallest absolute Gasteiger partial charge is 0.305 e. The molecule has 0 bridgehead atoms. The summed E-state index contributed by atoms with van der Waals surface area (Å²) in [6.45, 7) is 0. The van der Waals surface area contributed by atoms with Gasteiger partial charge in [0.1, 0.15) is 0 Å². The van der Waals surface area contributed by atoms with Crippen LogP contribution in [0.5, 0.6) is 0 Å². The first-order valence-corrected chi connectivity index (χ1v) is 5.39. The molecule has 2 rings (SSSR count). The molecule has 0 N–H and O–H groups in total. The lowest BCUT2D eigenvalue weighted by atomic mass is 9.91. The summed E-state index contributed by atoms with van der Waals surface area (Å²) < 4.78 is 4.67. The lowest BCUT2D eigenvalue weighted by Crippen LogP contribution is -2.10. The third-order valence-corrected chi connectivity index (χ3v) is 3.28. The highest BCUT2D eigenvalue weighted by Gasteiger charge is 2.43. The normalized spacial score (nSPS) is 17.1. The van der Waals surface area contributed by atoms with Crippen molar-refractivity contribution in [1.82, 2.24) is 0 Å². The lowest BCUT2D eigenvalue weighted by Gasteiger charge is -2.14. The summed E-state index contributed by atoms with van der Waals surface area (Å²) in [4.78, 5) is 11.1. The van der Waals surface area contributed by atoms with E-state index in [4.69, 9.17) is 0 Å². The Hall–Kier alpha value is -1.31. The van der Waals surface area contributed by atoms with E-state index in [1.807, 2.05) is 6.07 Å². The Morgan fingerprint density at radius 1 is 1.33 bits per heavy atom. The standard InChI is InChI=1S/C13H16O2/c1-15-12(14)7-8-13(9-10-13)11-5-3-2-4-6-11/h2-6H,7-10H2,1H3. The second kappa shape index (κ2) is 4.05. The van der Waals surface area contributed by atoms with E-state index < -0.39 is 0 Å². The van der Waals surface area contributed by atoms with Gasteiger partial charge in [0.05, 0.1) is 7.11 Å². The van der Waals surface area contributed by atoms with Crippen LogP contribution >= 0.6 is 0 Å². The second-order valence-corrected chi connectivity index (χ2v) is 4.22. The SMILES string of the molecule is COC(=O)CCC1(c2ccccc2)CC1. The molecule has 0 heterocycles. The molecular weight excluding hydrogens is 188 g/mol. The molecule has 0 saturated heterocycles. The predicted molar refractivity (Wildman–Crippen MR) is 58.6 cm³/mol. The number of rotatable bonds is 4. The minimum atomic E-state index is -0.0998. The maximum absolute atomic E-state index is 11.1. The maximum Gasteiger partial charge on any atom is 0.305 e. The first-order chi connectivity index (χ1) is 7.27. The number of ether oxygens (including phenoxy) is 1. The van der Waals surface area contributed by atoms with Crippen LogP contribution in [-0.2, 0) is 14.9 Å². The molecule has 0 spiro atoms. The number of carbonyl (C=O) groups is 1. The van der Waals surface area contributed by atoms with Crippen LogP contribution in [0.3, 0.4) is 0 Å². The summed E-state index contributed by atoms with van der Waals surface area (Å²) in [6, 6.07) is 10.5. The summed E-state index contributed by atoms with van der Waals surface area (Å²) in [5, 5.41) is 0. The van der Waals surface area contributed by atoms with E-state index in [-0.39, 0.29) is 11.4 Å². The highest BCUT2D eigenvalue weighted by Crippen LogP contribution is 2.51. The summed E-state index contributed by atoms with van der Waals surface area (Å²) in [5.74, 6) is -0.0998. The molecule has 0 amide bonds. The van der Waals surface area contributed by atoms with Crippen molar-refractivity contribution in [1.29, 1.82) is 0 Å². The molecule has 0 aromatic heterocycles. The molecule has 1 saturated carbocycles. The number of carbonyl (C=O) groups excluding carboxylic acids is 1. The Bertz CT molecular complexity index is 339. The van der Waals surface area contributed by atoms with E-state index in [0.29, 0.717) is 6.42 Å². The van der Waals surface area contributed by atoms with E-state index in [1.54, 1.807) is 0 Å². The van der Waals surface area contributed by atoms with E-state index in [1.165, 1.54) is 25.5 Å². The first-order valence-electron chi connectivity index (χ1n) is 5.39. The van der Waals surface area contributed by atoms with E-state index in [2.05, 4.69) is 29.0 Å². The largest absolute Gasteiger partial charge is 0.469 e. The predicted octanol–water partition coefficient (Wildman–Crippen LogP) is 2.67. The summed E-state index contributed by atoms with van der Waals surface area (Å²) in [7, 11) is 1.45. The van der Waals surface area contributed by atoms with Crippen LogP contribution in [0.25, 0.3) is 0 Å². The van der Waals surface area contributed by atoms with Gasteiger partial charge in [-0.1, -0.05) is 30.3 Å². The lowest BCUT2D eigenvalue weighted by molar-refractivity contribution is -0.140. The van der Waals surface area contributed by atoms with Crippen molar-refractivity contribution >= 4 is 5.97 Å². The number of hydrogen-bond donors (Lipinski definition) is 0. The van der Waals surface area contributed by atoms with E-state index in [9.17, 15) is 4.79 Å². The van der Waals surface area contributed by atoms with Crippen LogP contribution in [0, 0.1) is 0 Å². The van der Waals surface area contributed by atoms with Gasteiger partial charge in [-0.05, 0) is 30.2 Å². The maximum atomic E-state index is 11.1. The summed E-state index contributed by atoms with van der Waals surface area (Å²) in [5.41, 5.74) is 1.64. The van der Waals surface area contributed by atoms with Gasteiger partial charge in [-0.2, -0.15) is 0 Å². The molecule has 1 aliphatic carbocycles. The van der Waals surface area contributed by atoms with Crippen molar-refractivity contribution in [2.75, 3.05) is 7.11 Å². The average Bonchev–Trinajstić information content (AvgIpc) is 3.08.